The monoisotopic (exact) mass is 386 g/mol. The second kappa shape index (κ2) is 9.21. The number of aldehydes is 1. The molecule has 0 radical (unpaired) electrons. The van der Waals surface area contributed by atoms with Gasteiger partial charge < -0.3 is 4.98 Å². The lowest BCUT2D eigenvalue weighted by Gasteiger charge is -2.20. The third-order valence-electron chi connectivity index (χ3n) is 6.29. The van der Waals surface area contributed by atoms with Crippen LogP contribution in [0, 0.1) is 5.92 Å². The van der Waals surface area contributed by atoms with Crippen LogP contribution in [0.2, 0.25) is 0 Å². The van der Waals surface area contributed by atoms with Gasteiger partial charge >= 0.3 is 0 Å². The molecule has 1 N–H and O–H groups in total. The predicted molar refractivity (Wildman–Crippen MR) is 118 cm³/mol. The molecule has 0 spiro atoms. The minimum Gasteiger partial charge on any atom is -0.346 e. The minimum absolute atomic E-state index is 0.388. The normalized spacial score (nSPS) is 15.9. The van der Waals surface area contributed by atoms with Crippen LogP contribution in [0.15, 0.2) is 54.7 Å². The molecule has 4 rings (SSSR count). The number of H-pyrrole nitrogens is 1. The third-order valence-corrected chi connectivity index (χ3v) is 6.29. The summed E-state index contributed by atoms with van der Waals surface area (Å²) in [6, 6.07) is 16.3. The van der Waals surface area contributed by atoms with Crippen LogP contribution < -0.4 is 0 Å². The van der Waals surface area contributed by atoms with Crippen molar-refractivity contribution in [2.75, 3.05) is 0 Å². The number of imidazole rings is 1. The summed E-state index contributed by atoms with van der Waals surface area (Å²) in [7, 11) is 0. The molecule has 0 bridgehead atoms. The van der Waals surface area contributed by atoms with Crippen LogP contribution in [0.25, 0.3) is 11.1 Å². The number of hydrogen-bond donors (Lipinski definition) is 1. The number of aromatic nitrogens is 2. The van der Waals surface area contributed by atoms with Gasteiger partial charge in [-0.1, -0.05) is 87.6 Å². The van der Waals surface area contributed by atoms with Crippen LogP contribution in [-0.4, -0.2) is 16.3 Å². The van der Waals surface area contributed by atoms with E-state index in [0.29, 0.717) is 5.92 Å². The van der Waals surface area contributed by atoms with E-state index in [9.17, 15) is 4.79 Å². The molecule has 3 nitrogen and oxygen atoms in total. The molecule has 1 atom stereocenters. The molecule has 1 unspecified atom stereocenters. The predicted octanol–water partition coefficient (Wildman–Crippen LogP) is 6.36. The van der Waals surface area contributed by atoms with E-state index in [2.05, 4.69) is 41.2 Å². The smallest absolute Gasteiger partial charge is 0.150 e. The number of nitrogens with zero attached hydrogens (tertiary/aromatic N) is 1. The van der Waals surface area contributed by atoms with Crippen molar-refractivity contribution >= 4 is 6.29 Å². The van der Waals surface area contributed by atoms with Crippen molar-refractivity contribution in [3.05, 3.63) is 77.4 Å². The molecular formula is C26H30N2O. The Morgan fingerprint density at radius 3 is 2.59 bits per heavy atom. The zero-order chi connectivity index (χ0) is 20.1. The van der Waals surface area contributed by atoms with E-state index < -0.39 is 0 Å². The summed E-state index contributed by atoms with van der Waals surface area (Å²) in [5.74, 6) is 2.30. The van der Waals surface area contributed by atoms with E-state index in [1.54, 1.807) is 0 Å². The maximum absolute atomic E-state index is 11.3. The Morgan fingerprint density at radius 2 is 1.83 bits per heavy atom. The molecule has 1 heterocycles. The fourth-order valence-electron chi connectivity index (χ4n) is 4.58. The van der Waals surface area contributed by atoms with Gasteiger partial charge in [-0.15, -0.1) is 0 Å². The first-order chi connectivity index (χ1) is 14.2. The van der Waals surface area contributed by atoms with Crippen LogP contribution in [0.4, 0.5) is 0 Å². The molecule has 29 heavy (non-hydrogen) atoms. The van der Waals surface area contributed by atoms with Crippen molar-refractivity contribution in [1.82, 2.24) is 9.97 Å². The highest BCUT2D eigenvalue weighted by Crippen LogP contribution is 2.28. The first-order valence-electron chi connectivity index (χ1n) is 10.9. The van der Waals surface area contributed by atoms with Crippen LogP contribution >= 0.6 is 0 Å². The molecule has 2 aromatic carbocycles. The summed E-state index contributed by atoms with van der Waals surface area (Å²) in [6.45, 7) is 2.25. The zero-order valence-electron chi connectivity index (χ0n) is 17.2. The van der Waals surface area contributed by atoms with E-state index in [4.69, 9.17) is 0 Å². The lowest BCUT2D eigenvalue weighted by molar-refractivity contribution is 0.112. The van der Waals surface area contributed by atoms with E-state index in [-0.39, 0.29) is 0 Å². The van der Waals surface area contributed by atoms with Crippen LogP contribution in [-0.2, 0) is 12.8 Å². The van der Waals surface area contributed by atoms with Gasteiger partial charge in [0.25, 0.3) is 0 Å². The van der Waals surface area contributed by atoms with Crippen molar-refractivity contribution in [1.29, 1.82) is 0 Å². The summed E-state index contributed by atoms with van der Waals surface area (Å²) in [5.41, 5.74) is 5.38. The standard InChI is InChI=1S/C26H30N2O/c1-19(15-26-27-17-24(28-26)16-20-7-3-2-4-8-20)21-11-13-22(14-12-21)25-10-6-5-9-23(25)18-29/h5-6,9-14,17-20H,2-4,7-8,15-16H2,1H3,(H,27,28). The second-order valence-electron chi connectivity index (χ2n) is 8.50. The SMILES string of the molecule is CC(Cc1ncc(CC2CCCCC2)[nH]1)c1ccc(-c2ccccc2C=O)cc1. The van der Waals surface area contributed by atoms with E-state index in [1.807, 2.05) is 30.5 Å². The lowest BCUT2D eigenvalue weighted by atomic mass is 9.86. The molecule has 3 heteroatoms. The molecule has 1 aliphatic carbocycles. The number of carbonyl (C=O) groups excluding carboxylic acids is 1. The van der Waals surface area contributed by atoms with Crippen molar-refractivity contribution < 1.29 is 4.79 Å². The van der Waals surface area contributed by atoms with Gasteiger partial charge in [-0.2, -0.15) is 0 Å². The van der Waals surface area contributed by atoms with Gasteiger partial charge in [0.05, 0.1) is 0 Å². The van der Waals surface area contributed by atoms with Gasteiger partial charge in [0, 0.05) is 23.9 Å². The highest BCUT2D eigenvalue weighted by Gasteiger charge is 2.16. The fourth-order valence-corrected chi connectivity index (χ4v) is 4.58. The van der Waals surface area contributed by atoms with E-state index in [1.165, 1.54) is 43.4 Å². The summed E-state index contributed by atoms with van der Waals surface area (Å²) in [6.07, 6.45) is 11.9. The number of carbonyl (C=O) groups is 1. The number of nitrogens with one attached hydrogen (secondary N) is 1. The lowest BCUT2D eigenvalue weighted by Crippen LogP contribution is -2.09. The molecule has 3 aromatic rings. The highest BCUT2D eigenvalue weighted by atomic mass is 16.1. The van der Waals surface area contributed by atoms with Crippen molar-refractivity contribution in [2.45, 2.75) is 57.8 Å². The van der Waals surface area contributed by atoms with Crippen molar-refractivity contribution in [3.8, 4) is 11.1 Å². The van der Waals surface area contributed by atoms with Gasteiger partial charge in [0.15, 0.2) is 6.29 Å². The Labute approximate surface area is 173 Å². The molecule has 1 fully saturated rings. The number of benzene rings is 2. The van der Waals surface area contributed by atoms with Gasteiger partial charge in [0.2, 0.25) is 0 Å². The van der Waals surface area contributed by atoms with Gasteiger partial charge in [0.1, 0.15) is 5.82 Å². The van der Waals surface area contributed by atoms with Gasteiger partial charge in [-0.05, 0) is 34.9 Å². The summed E-state index contributed by atoms with van der Waals surface area (Å²) >= 11 is 0. The van der Waals surface area contributed by atoms with Gasteiger partial charge in [-0.3, -0.25) is 4.79 Å². The van der Waals surface area contributed by atoms with Gasteiger partial charge in [-0.25, -0.2) is 4.98 Å². The second-order valence-corrected chi connectivity index (χ2v) is 8.50. The maximum Gasteiger partial charge on any atom is 0.150 e. The van der Waals surface area contributed by atoms with Crippen molar-refractivity contribution in [2.24, 2.45) is 5.92 Å². The minimum atomic E-state index is 0.388. The summed E-state index contributed by atoms with van der Waals surface area (Å²) < 4.78 is 0. The first-order valence-corrected chi connectivity index (χ1v) is 10.9. The quantitative estimate of drug-likeness (QED) is 0.480. The Balaban J connectivity index is 1.40. The molecule has 150 valence electrons. The molecule has 1 aliphatic rings. The average Bonchev–Trinajstić information content (AvgIpc) is 3.21. The Kier molecular flexibility index (Phi) is 6.24. The van der Waals surface area contributed by atoms with Crippen LogP contribution in [0.5, 0.6) is 0 Å². The van der Waals surface area contributed by atoms with E-state index in [0.717, 1.165) is 47.6 Å². The van der Waals surface area contributed by atoms with Crippen LogP contribution in [0.3, 0.4) is 0 Å². The maximum atomic E-state index is 11.3. The fraction of sp³-hybridized carbons (Fsp3) is 0.385. The van der Waals surface area contributed by atoms with E-state index >= 15 is 0 Å². The zero-order valence-corrected chi connectivity index (χ0v) is 17.2. The van der Waals surface area contributed by atoms with Crippen molar-refractivity contribution in [3.63, 3.8) is 0 Å². The number of aromatic amines is 1. The largest absolute Gasteiger partial charge is 0.346 e. The molecule has 0 saturated heterocycles. The summed E-state index contributed by atoms with van der Waals surface area (Å²) in [4.78, 5) is 19.5. The molecule has 0 amide bonds. The average molecular weight is 387 g/mol. The molecule has 1 saturated carbocycles. The molecule has 1 aromatic heterocycles. The summed E-state index contributed by atoms with van der Waals surface area (Å²) in [5, 5.41) is 0. The Bertz CT molecular complexity index is 935. The number of hydrogen-bond acceptors (Lipinski definition) is 2. The first kappa shape index (κ1) is 19.6. The topological polar surface area (TPSA) is 45.8 Å². The molecule has 0 aliphatic heterocycles. The molecular weight excluding hydrogens is 356 g/mol. The Morgan fingerprint density at radius 1 is 1.07 bits per heavy atom. The third kappa shape index (κ3) is 4.84. The number of rotatable bonds is 7. The highest BCUT2D eigenvalue weighted by molar-refractivity contribution is 5.87. The van der Waals surface area contributed by atoms with Crippen LogP contribution in [0.1, 0.15) is 72.4 Å². The Hall–Kier alpha value is -2.68.